The first-order chi connectivity index (χ1) is 9.33. The average Bonchev–Trinajstić information content (AvgIpc) is 3.03. The molecule has 19 heavy (non-hydrogen) atoms. The molecular formula is C14H15ClN4. The molecule has 0 unspecified atom stereocenters. The highest BCUT2D eigenvalue weighted by molar-refractivity contribution is 6.31. The normalized spacial score (nSPS) is 11.2. The van der Waals surface area contributed by atoms with E-state index in [0.717, 1.165) is 30.2 Å². The Morgan fingerprint density at radius 3 is 3.16 bits per heavy atom. The molecule has 0 spiro atoms. The van der Waals surface area contributed by atoms with E-state index in [1.165, 1.54) is 10.9 Å². The van der Waals surface area contributed by atoms with Gasteiger partial charge in [0.15, 0.2) is 0 Å². The van der Waals surface area contributed by atoms with Crippen LogP contribution in [-0.4, -0.2) is 21.3 Å². The van der Waals surface area contributed by atoms with Gasteiger partial charge in [-0.05, 0) is 23.8 Å². The number of halogens is 1. The maximum Gasteiger partial charge on any atom is 0.0534 e. The van der Waals surface area contributed by atoms with Crippen molar-refractivity contribution in [2.75, 3.05) is 6.54 Å². The summed E-state index contributed by atoms with van der Waals surface area (Å²) >= 11 is 5.97. The summed E-state index contributed by atoms with van der Waals surface area (Å²) in [6.07, 6.45) is 5.79. The molecular weight excluding hydrogens is 260 g/mol. The van der Waals surface area contributed by atoms with Gasteiger partial charge in [0.1, 0.15) is 0 Å². The maximum absolute atomic E-state index is 5.97. The second kappa shape index (κ2) is 5.47. The number of nitrogens with zero attached hydrogens (tertiary/aromatic N) is 2. The summed E-state index contributed by atoms with van der Waals surface area (Å²) in [6, 6.07) is 7.86. The average molecular weight is 275 g/mol. The number of hydrogen-bond acceptors (Lipinski definition) is 2. The van der Waals surface area contributed by atoms with Crippen LogP contribution in [0.15, 0.2) is 42.9 Å². The number of benzene rings is 1. The van der Waals surface area contributed by atoms with Gasteiger partial charge in [0.2, 0.25) is 0 Å². The first kappa shape index (κ1) is 12.3. The minimum absolute atomic E-state index is 0.757. The Balaban J connectivity index is 1.59. The Bertz CT molecular complexity index is 657. The summed E-state index contributed by atoms with van der Waals surface area (Å²) in [5, 5.41) is 9.56. The van der Waals surface area contributed by atoms with E-state index in [-0.39, 0.29) is 0 Å². The summed E-state index contributed by atoms with van der Waals surface area (Å²) in [5.41, 5.74) is 2.34. The zero-order chi connectivity index (χ0) is 13.1. The van der Waals surface area contributed by atoms with Crippen molar-refractivity contribution in [1.29, 1.82) is 0 Å². The molecule has 0 aliphatic rings. The van der Waals surface area contributed by atoms with Crippen LogP contribution in [0.1, 0.15) is 5.56 Å². The molecule has 98 valence electrons. The minimum atomic E-state index is 0.757. The van der Waals surface area contributed by atoms with Crippen LogP contribution in [0.25, 0.3) is 10.9 Å². The van der Waals surface area contributed by atoms with Gasteiger partial charge in [0.05, 0.1) is 6.54 Å². The molecule has 0 saturated carbocycles. The molecule has 4 nitrogen and oxygen atoms in total. The number of H-pyrrole nitrogens is 1. The Labute approximate surface area is 116 Å². The summed E-state index contributed by atoms with van der Waals surface area (Å²) in [7, 11) is 0. The van der Waals surface area contributed by atoms with E-state index in [1.807, 2.05) is 35.3 Å². The van der Waals surface area contributed by atoms with Crippen molar-refractivity contribution in [3.05, 3.63) is 53.4 Å². The van der Waals surface area contributed by atoms with Crippen LogP contribution in [0.5, 0.6) is 0 Å². The predicted molar refractivity (Wildman–Crippen MR) is 77.2 cm³/mol. The van der Waals surface area contributed by atoms with Crippen molar-refractivity contribution in [1.82, 2.24) is 20.1 Å². The Morgan fingerprint density at radius 2 is 2.32 bits per heavy atom. The molecule has 0 radical (unpaired) electrons. The fraction of sp³-hybridized carbons (Fsp3) is 0.214. The van der Waals surface area contributed by atoms with E-state index in [9.17, 15) is 0 Å². The first-order valence-corrected chi connectivity index (χ1v) is 6.64. The third-order valence-electron chi connectivity index (χ3n) is 3.12. The van der Waals surface area contributed by atoms with E-state index in [0.29, 0.717) is 0 Å². The van der Waals surface area contributed by atoms with Gasteiger partial charge in [0, 0.05) is 47.6 Å². The van der Waals surface area contributed by atoms with Gasteiger partial charge in [-0.2, -0.15) is 5.10 Å². The summed E-state index contributed by atoms with van der Waals surface area (Å²) < 4.78 is 1.92. The van der Waals surface area contributed by atoms with E-state index >= 15 is 0 Å². The third kappa shape index (κ3) is 2.80. The van der Waals surface area contributed by atoms with Gasteiger partial charge in [-0.1, -0.05) is 17.7 Å². The van der Waals surface area contributed by atoms with Crippen LogP contribution < -0.4 is 5.32 Å². The largest absolute Gasteiger partial charge is 0.361 e. The fourth-order valence-corrected chi connectivity index (χ4v) is 2.33. The van der Waals surface area contributed by atoms with Crippen LogP contribution in [0.3, 0.4) is 0 Å². The zero-order valence-electron chi connectivity index (χ0n) is 10.4. The molecule has 0 saturated heterocycles. The lowest BCUT2D eigenvalue weighted by atomic mass is 10.2. The molecule has 2 heterocycles. The molecule has 1 aromatic carbocycles. The molecule has 0 aliphatic heterocycles. The molecule has 0 aliphatic carbocycles. The van der Waals surface area contributed by atoms with E-state index < -0.39 is 0 Å². The molecule has 2 N–H and O–H groups in total. The van der Waals surface area contributed by atoms with Gasteiger partial charge in [-0.3, -0.25) is 4.68 Å². The minimum Gasteiger partial charge on any atom is -0.361 e. The van der Waals surface area contributed by atoms with Crippen molar-refractivity contribution in [2.45, 2.75) is 13.1 Å². The SMILES string of the molecule is Clc1ccc2c(CNCCn3cccn3)c[nH]c2c1. The van der Waals surface area contributed by atoms with Crippen molar-refractivity contribution in [2.24, 2.45) is 0 Å². The maximum atomic E-state index is 5.97. The van der Waals surface area contributed by atoms with Gasteiger partial charge < -0.3 is 10.3 Å². The molecule has 0 fully saturated rings. The monoisotopic (exact) mass is 274 g/mol. The zero-order valence-corrected chi connectivity index (χ0v) is 11.2. The number of aromatic nitrogens is 3. The molecule has 3 aromatic rings. The highest BCUT2D eigenvalue weighted by Crippen LogP contribution is 2.21. The van der Waals surface area contributed by atoms with Crippen LogP contribution in [0.2, 0.25) is 5.02 Å². The number of nitrogens with one attached hydrogen (secondary N) is 2. The summed E-state index contributed by atoms with van der Waals surface area (Å²) in [4.78, 5) is 3.24. The van der Waals surface area contributed by atoms with Gasteiger partial charge >= 0.3 is 0 Å². The predicted octanol–water partition coefficient (Wildman–Crippen LogP) is 2.81. The van der Waals surface area contributed by atoms with Crippen LogP contribution in [0.4, 0.5) is 0 Å². The Hall–Kier alpha value is -1.78. The standard InChI is InChI=1S/C14H15ClN4/c15-12-2-3-13-11(10-17-14(13)8-12)9-16-5-7-19-6-1-4-18-19/h1-4,6,8,10,16-17H,5,7,9H2. The van der Waals surface area contributed by atoms with Crippen LogP contribution >= 0.6 is 11.6 Å². The summed E-state index contributed by atoms with van der Waals surface area (Å²) in [6.45, 7) is 2.60. The Kier molecular flexibility index (Phi) is 3.53. The second-order valence-electron chi connectivity index (χ2n) is 4.45. The molecule has 3 rings (SSSR count). The smallest absolute Gasteiger partial charge is 0.0534 e. The van der Waals surface area contributed by atoms with E-state index in [4.69, 9.17) is 11.6 Å². The number of rotatable bonds is 5. The number of aromatic amines is 1. The second-order valence-corrected chi connectivity index (χ2v) is 4.89. The highest BCUT2D eigenvalue weighted by Gasteiger charge is 2.03. The van der Waals surface area contributed by atoms with Crippen molar-refractivity contribution in [3.8, 4) is 0 Å². The van der Waals surface area contributed by atoms with Crippen molar-refractivity contribution in [3.63, 3.8) is 0 Å². The lowest BCUT2D eigenvalue weighted by Gasteiger charge is -2.04. The van der Waals surface area contributed by atoms with Gasteiger partial charge in [0.25, 0.3) is 0 Å². The lowest BCUT2D eigenvalue weighted by Crippen LogP contribution is -2.19. The van der Waals surface area contributed by atoms with Gasteiger partial charge in [-0.25, -0.2) is 0 Å². The van der Waals surface area contributed by atoms with Crippen LogP contribution in [-0.2, 0) is 13.1 Å². The molecule has 5 heteroatoms. The topological polar surface area (TPSA) is 45.6 Å². The van der Waals surface area contributed by atoms with E-state index in [2.05, 4.69) is 21.5 Å². The number of hydrogen-bond donors (Lipinski definition) is 2. The van der Waals surface area contributed by atoms with Crippen molar-refractivity contribution < 1.29 is 0 Å². The highest BCUT2D eigenvalue weighted by atomic mass is 35.5. The molecule has 0 bridgehead atoms. The van der Waals surface area contributed by atoms with E-state index in [1.54, 1.807) is 6.20 Å². The molecule has 2 aromatic heterocycles. The fourth-order valence-electron chi connectivity index (χ4n) is 2.15. The number of fused-ring (bicyclic) bond motifs is 1. The third-order valence-corrected chi connectivity index (χ3v) is 3.36. The Morgan fingerprint density at radius 1 is 1.37 bits per heavy atom. The van der Waals surface area contributed by atoms with Crippen molar-refractivity contribution >= 4 is 22.5 Å². The summed E-state index contributed by atoms with van der Waals surface area (Å²) in [5.74, 6) is 0. The van der Waals surface area contributed by atoms with Crippen LogP contribution in [0, 0.1) is 0 Å². The lowest BCUT2D eigenvalue weighted by molar-refractivity contribution is 0.555. The first-order valence-electron chi connectivity index (χ1n) is 6.26. The molecule has 0 amide bonds. The molecule has 0 atom stereocenters. The van der Waals surface area contributed by atoms with Gasteiger partial charge in [-0.15, -0.1) is 0 Å². The quantitative estimate of drug-likeness (QED) is 0.703.